The van der Waals surface area contributed by atoms with Crippen LogP contribution in [0.4, 0.5) is 0 Å². The first-order valence-corrected chi connectivity index (χ1v) is 8.41. The van der Waals surface area contributed by atoms with E-state index >= 15 is 0 Å². The van der Waals surface area contributed by atoms with Crippen LogP contribution in [0.15, 0.2) is 36.4 Å². The van der Waals surface area contributed by atoms with Crippen LogP contribution in [0.2, 0.25) is 0 Å². The summed E-state index contributed by atoms with van der Waals surface area (Å²) < 4.78 is 12.3. The van der Waals surface area contributed by atoms with Crippen molar-refractivity contribution in [3.63, 3.8) is 0 Å². The lowest BCUT2D eigenvalue weighted by Gasteiger charge is -2.09. The Kier molecular flexibility index (Phi) is 6.95. The standard InChI is InChI=1S/C20H25NO4/c1-15-12-18(16(2)21(15)10-7-11-24-3)19(22)14-25-20(23)13-17-8-5-4-6-9-17/h4-6,8-9,12H,7,10-11,13-14H2,1-3H3. The number of aryl methyl sites for hydroxylation is 1. The molecule has 0 N–H and O–H groups in total. The molecule has 2 aromatic rings. The first-order chi connectivity index (χ1) is 12.0. The predicted molar refractivity (Wildman–Crippen MR) is 95.8 cm³/mol. The number of benzene rings is 1. The van der Waals surface area contributed by atoms with Crippen molar-refractivity contribution >= 4 is 11.8 Å². The molecule has 0 saturated heterocycles. The van der Waals surface area contributed by atoms with Crippen LogP contribution in [0.25, 0.3) is 0 Å². The van der Waals surface area contributed by atoms with Gasteiger partial charge in [-0.15, -0.1) is 0 Å². The molecule has 0 saturated carbocycles. The first kappa shape index (κ1) is 18.9. The Balaban J connectivity index is 1.92. The molecule has 0 unspecified atom stereocenters. The summed E-state index contributed by atoms with van der Waals surface area (Å²) in [6, 6.07) is 11.2. The van der Waals surface area contributed by atoms with Crippen LogP contribution in [0, 0.1) is 13.8 Å². The van der Waals surface area contributed by atoms with Crippen molar-refractivity contribution in [2.75, 3.05) is 20.3 Å². The highest BCUT2D eigenvalue weighted by atomic mass is 16.5. The van der Waals surface area contributed by atoms with E-state index in [1.165, 1.54) is 0 Å². The second kappa shape index (κ2) is 9.18. The molecule has 0 bridgehead atoms. The van der Waals surface area contributed by atoms with E-state index in [0.29, 0.717) is 12.2 Å². The van der Waals surface area contributed by atoms with Gasteiger partial charge in [0.2, 0.25) is 5.78 Å². The molecule has 0 aliphatic carbocycles. The van der Waals surface area contributed by atoms with Crippen molar-refractivity contribution in [2.24, 2.45) is 0 Å². The minimum atomic E-state index is -0.395. The lowest BCUT2D eigenvalue weighted by molar-refractivity contribution is -0.141. The highest BCUT2D eigenvalue weighted by Crippen LogP contribution is 2.16. The molecule has 5 nitrogen and oxygen atoms in total. The molecule has 5 heteroatoms. The molecule has 0 atom stereocenters. The average Bonchev–Trinajstić information content (AvgIpc) is 2.89. The van der Waals surface area contributed by atoms with Crippen molar-refractivity contribution in [1.29, 1.82) is 0 Å². The fourth-order valence-electron chi connectivity index (χ4n) is 2.83. The summed E-state index contributed by atoms with van der Waals surface area (Å²) in [6.45, 7) is 5.13. The zero-order chi connectivity index (χ0) is 18.2. The number of aromatic nitrogens is 1. The Morgan fingerprint density at radius 3 is 2.52 bits per heavy atom. The molecule has 0 fully saturated rings. The molecule has 2 rings (SSSR count). The van der Waals surface area contributed by atoms with Gasteiger partial charge in [-0.1, -0.05) is 30.3 Å². The number of nitrogens with zero attached hydrogens (tertiary/aromatic N) is 1. The maximum atomic E-state index is 12.4. The molecule has 134 valence electrons. The van der Waals surface area contributed by atoms with Gasteiger partial charge in [-0.3, -0.25) is 9.59 Å². The van der Waals surface area contributed by atoms with E-state index in [1.54, 1.807) is 7.11 Å². The smallest absolute Gasteiger partial charge is 0.310 e. The van der Waals surface area contributed by atoms with E-state index in [4.69, 9.17) is 9.47 Å². The lowest BCUT2D eigenvalue weighted by atomic mass is 10.1. The van der Waals surface area contributed by atoms with Crippen molar-refractivity contribution in [1.82, 2.24) is 4.57 Å². The number of carbonyl (C=O) groups excluding carboxylic acids is 2. The van der Waals surface area contributed by atoms with Crippen LogP contribution in [-0.4, -0.2) is 36.6 Å². The van der Waals surface area contributed by atoms with E-state index in [2.05, 4.69) is 4.57 Å². The Bertz CT molecular complexity index is 719. The summed E-state index contributed by atoms with van der Waals surface area (Å²) in [6.07, 6.45) is 1.05. The number of ether oxygens (including phenoxy) is 2. The van der Waals surface area contributed by atoms with Gasteiger partial charge in [0.25, 0.3) is 0 Å². The molecular weight excluding hydrogens is 318 g/mol. The van der Waals surface area contributed by atoms with E-state index in [0.717, 1.165) is 29.9 Å². The van der Waals surface area contributed by atoms with Crippen molar-refractivity contribution < 1.29 is 19.1 Å². The second-order valence-electron chi connectivity index (χ2n) is 6.03. The SMILES string of the molecule is COCCCn1c(C)cc(C(=O)COC(=O)Cc2ccccc2)c1C. The quantitative estimate of drug-likeness (QED) is 0.399. The Labute approximate surface area is 148 Å². The molecule has 1 aromatic carbocycles. The normalized spacial score (nSPS) is 10.7. The van der Waals surface area contributed by atoms with Crippen LogP contribution in [0.3, 0.4) is 0 Å². The summed E-state index contributed by atoms with van der Waals surface area (Å²) in [5.74, 6) is -0.569. The van der Waals surface area contributed by atoms with Crippen molar-refractivity contribution in [3.05, 3.63) is 58.9 Å². The number of methoxy groups -OCH3 is 1. The number of carbonyl (C=O) groups is 2. The van der Waals surface area contributed by atoms with Gasteiger partial charge < -0.3 is 14.0 Å². The Morgan fingerprint density at radius 2 is 1.84 bits per heavy atom. The van der Waals surface area contributed by atoms with E-state index in [1.807, 2.05) is 50.2 Å². The molecule has 25 heavy (non-hydrogen) atoms. The van der Waals surface area contributed by atoms with Gasteiger partial charge in [-0.05, 0) is 31.9 Å². The fraction of sp³-hybridized carbons (Fsp3) is 0.400. The monoisotopic (exact) mass is 343 g/mol. The fourth-order valence-corrected chi connectivity index (χ4v) is 2.83. The lowest BCUT2D eigenvalue weighted by Crippen LogP contribution is -2.16. The molecule has 1 aromatic heterocycles. The largest absolute Gasteiger partial charge is 0.457 e. The maximum Gasteiger partial charge on any atom is 0.310 e. The zero-order valence-corrected chi connectivity index (χ0v) is 15.1. The minimum absolute atomic E-state index is 0.171. The summed E-state index contributed by atoms with van der Waals surface area (Å²) in [4.78, 5) is 24.3. The van der Waals surface area contributed by atoms with Crippen LogP contribution >= 0.6 is 0 Å². The highest BCUT2D eigenvalue weighted by Gasteiger charge is 2.17. The van der Waals surface area contributed by atoms with Crippen LogP contribution in [-0.2, 0) is 27.2 Å². The molecule has 0 aliphatic rings. The first-order valence-electron chi connectivity index (χ1n) is 8.41. The maximum absolute atomic E-state index is 12.4. The van der Waals surface area contributed by atoms with E-state index in [-0.39, 0.29) is 18.8 Å². The predicted octanol–water partition coefficient (Wildman–Crippen LogP) is 3.11. The summed E-state index contributed by atoms with van der Waals surface area (Å²) >= 11 is 0. The molecule has 0 spiro atoms. The second-order valence-corrected chi connectivity index (χ2v) is 6.03. The Hall–Kier alpha value is -2.40. The van der Waals surface area contributed by atoms with Crippen molar-refractivity contribution in [2.45, 2.75) is 33.2 Å². The number of rotatable bonds is 9. The number of hydrogen-bond acceptors (Lipinski definition) is 4. The zero-order valence-electron chi connectivity index (χ0n) is 15.1. The van der Waals surface area contributed by atoms with Gasteiger partial charge in [0.1, 0.15) is 0 Å². The van der Waals surface area contributed by atoms with Gasteiger partial charge in [0.05, 0.1) is 6.42 Å². The molecule has 1 heterocycles. The minimum Gasteiger partial charge on any atom is -0.457 e. The molecule has 0 aliphatic heterocycles. The number of ketones is 1. The van der Waals surface area contributed by atoms with Gasteiger partial charge in [0, 0.05) is 37.2 Å². The van der Waals surface area contributed by atoms with E-state index in [9.17, 15) is 9.59 Å². The van der Waals surface area contributed by atoms with Gasteiger partial charge in [0.15, 0.2) is 6.61 Å². The van der Waals surface area contributed by atoms with E-state index < -0.39 is 5.97 Å². The van der Waals surface area contributed by atoms with Gasteiger partial charge >= 0.3 is 5.97 Å². The van der Waals surface area contributed by atoms with Crippen LogP contribution in [0.5, 0.6) is 0 Å². The topological polar surface area (TPSA) is 57.5 Å². The third-order valence-electron chi connectivity index (χ3n) is 4.16. The number of Topliss-reactive ketones (excluding diaryl/α,β-unsaturated/α-hetero) is 1. The van der Waals surface area contributed by atoms with Crippen LogP contribution in [0.1, 0.15) is 33.7 Å². The van der Waals surface area contributed by atoms with Gasteiger partial charge in [-0.2, -0.15) is 0 Å². The van der Waals surface area contributed by atoms with Crippen molar-refractivity contribution in [3.8, 4) is 0 Å². The molecular formula is C20H25NO4. The average molecular weight is 343 g/mol. The number of hydrogen-bond donors (Lipinski definition) is 0. The molecule has 0 amide bonds. The summed E-state index contributed by atoms with van der Waals surface area (Å²) in [5, 5.41) is 0. The summed E-state index contributed by atoms with van der Waals surface area (Å²) in [7, 11) is 1.67. The van der Waals surface area contributed by atoms with Crippen LogP contribution < -0.4 is 0 Å². The Morgan fingerprint density at radius 1 is 1.12 bits per heavy atom. The van der Waals surface area contributed by atoms with Gasteiger partial charge in [-0.25, -0.2) is 0 Å². The third kappa shape index (κ3) is 5.29. The highest BCUT2D eigenvalue weighted by molar-refractivity contribution is 5.99. The number of esters is 1. The third-order valence-corrected chi connectivity index (χ3v) is 4.16. The molecule has 0 radical (unpaired) electrons. The summed E-state index contributed by atoms with van der Waals surface area (Å²) in [5.41, 5.74) is 3.41.